The maximum Gasteiger partial charge on any atom is 0.344 e. The molecule has 0 aromatic heterocycles. The van der Waals surface area contributed by atoms with Crippen LogP contribution in [0.4, 0.5) is 0 Å². The molecule has 5 nitrogen and oxygen atoms in total. The number of methoxy groups -OCH3 is 1. The molecule has 0 aliphatic heterocycles. The van der Waals surface area contributed by atoms with E-state index in [1.165, 1.54) is 26.2 Å². The number of aliphatic carboxylic acids is 1. The molecule has 1 aromatic carbocycles. The number of halogens is 1. The lowest BCUT2D eigenvalue weighted by molar-refractivity contribution is -0.144. The molecule has 0 fully saturated rings. The third kappa shape index (κ3) is 3.20. The predicted molar refractivity (Wildman–Crippen MR) is 63.8 cm³/mol. The van der Waals surface area contributed by atoms with Gasteiger partial charge in [0.25, 0.3) is 0 Å². The molecule has 0 aliphatic rings. The van der Waals surface area contributed by atoms with Crippen molar-refractivity contribution in [2.75, 3.05) is 7.11 Å². The summed E-state index contributed by atoms with van der Waals surface area (Å²) in [5.41, 5.74) is 0.407. The molecule has 92 valence electrons. The summed E-state index contributed by atoms with van der Waals surface area (Å²) in [7, 11) is 1.41. The Labute approximate surface area is 106 Å². The van der Waals surface area contributed by atoms with Gasteiger partial charge in [-0.15, -0.1) is 0 Å². The summed E-state index contributed by atoms with van der Waals surface area (Å²) in [6.07, 6.45) is -0.347. The van der Waals surface area contributed by atoms with Crippen LogP contribution in [0, 0.1) is 0 Å². The van der Waals surface area contributed by atoms with Crippen LogP contribution in [0.3, 0.4) is 0 Å². The number of hydrogen-bond acceptors (Lipinski definition) is 4. The largest absolute Gasteiger partial charge is 0.493 e. The van der Waals surface area contributed by atoms with Gasteiger partial charge in [0.15, 0.2) is 17.6 Å². The van der Waals surface area contributed by atoms with Crippen molar-refractivity contribution in [2.45, 2.75) is 13.0 Å². The fourth-order valence-corrected chi connectivity index (χ4v) is 1.70. The Morgan fingerprint density at radius 1 is 1.53 bits per heavy atom. The molecule has 0 saturated carbocycles. The summed E-state index contributed by atoms with van der Waals surface area (Å²) in [6, 6.07) is 3.00. The first-order chi connectivity index (χ1) is 7.99. The first-order valence-electron chi connectivity index (χ1n) is 4.71. The molecule has 0 aliphatic carbocycles. The number of carbonyl (C=O) groups excluding carboxylic acids is 1. The Morgan fingerprint density at radius 3 is 2.65 bits per heavy atom. The van der Waals surface area contributed by atoms with Crippen molar-refractivity contribution in [3.05, 3.63) is 22.2 Å². The molecule has 1 rings (SSSR count). The van der Waals surface area contributed by atoms with Gasteiger partial charge >= 0.3 is 5.97 Å². The van der Waals surface area contributed by atoms with E-state index in [1.807, 2.05) is 0 Å². The standard InChI is InChI=1S/C11H11BrO5/c1-6(11(14)15)17-10-8(12)3-7(5-13)4-9(10)16-2/h3-6H,1-2H3,(H,14,15)/t6-/m0/s1. The van der Waals surface area contributed by atoms with Gasteiger partial charge in [-0.1, -0.05) is 0 Å². The minimum atomic E-state index is -1.08. The average molecular weight is 303 g/mol. The number of ether oxygens (including phenoxy) is 2. The summed E-state index contributed by atoms with van der Waals surface area (Å²) in [4.78, 5) is 21.4. The number of hydrogen-bond donors (Lipinski definition) is 1. The number of carboxylic acid groups (broad SMARTS) is 1. The molecule has 17 heavy (non-hydrogen) atoms. The molecule has 6 heteroatoms. The molecule has 0 bridgehead atoms. The summed E-state index contributed by atoms with van der Waals surface area (Å²) in [5.74, 6) is -0.527. The highest BCUT2D eigenvalue weighted by atomic mass is 79.9. The van der Waals surface area contributed by atoms with Gasteiger partial charge in [-0.05, 0) is 35.0 Å². The Bertz CT molecular complexity index is 444. The maximum absolute atomic E-state index is 10.7. The second kappa shape index (κ2) is 5.67. The number of carbonyl (C=O) groups is 2. The van der Waals surface area contributed by atoms with Crippen molar-refractivity contribution in [2.24, 2.45) is 0 Å². The first-order valence-corrected chi connectivity index (χ1v) is 5.51. The van der Waals surface area contributed by atoms with E-state index in [0.717, 1.165) is 0 Å². The van der Waals surface area contributed by atoms with Crippen LogP contribution < -0.4 is 9.47 Å². The summed E-state index contributed by atoms with van der Waals surface area (Å²) in [5, 5.41) is 8.76. The molecular formula is C11H11BrO5. The van der Waals surface area contributed by atoms with Crippen molar-refractivity contribution >= 4 is 28.2 Å². The zero-order valence-corrected chi connectivity index (χ0v) is 10.9. The van der Waals surface area contributed by atoms with Gasteiger partial charge in [0.2, 0.25) is 0 Å². The van der Waals surface area contributed by atoms with E-state index in [-0.39, 0.29) is 5.75 Å². The van der Waals surface area contributed by atoms with E-state index >= 15 is 0 Å². The van der Waals surface area contributed by atoms with Gasteiger partial charge in [0.05, 0.1) is 11.6 Å². The van der Waals surface area contributed by atoms with Crippen LogP contribution in [-0.4, -0.2) is 30.6 Å². The summed E-state index contributed by atoms with van der Waals surface area (Å²) in [6.45, 7) is 1.40. The number of aldehydes is 1. The van der Waals surface area contributed by atoms with Gasteiger partial charge in [0, 0.05) is 5.56 Å². The van der Waals surface area contributed by atoms with E-state index in [0.29, 0.717) is 22.1 Å². The Balaban J connectivity index is 3.13. The van der Waals surface area contributed by atoms with Crippen LogP contribution in [0.2, 0.25) is 0 Å². The fraction of sp³-hybridized carbons (Fsp3) is 0.273. The van der Waals surface area contributed by atoms with Crippen LogP contribution in [0.1, 0.15) is 17.3 Å². The molecule has 0 radical (unpaired) electrons. The third-order valence-corrected chi connectivity index (χ3v) is 2.62. The van der Waals surface area contributed by atoms with Crippen LogP contribution in [-0.2, 0) is 4.79 Å². The quantitative estimate of drug-likeness (QED) is 0.844. The van der Waals surface area contributed by atoms with Crippen molar-refractivity contribution in [3.63, 3.8) is 0 Å². The highest BCUT2D eigenvalue weighted by Gasteiger charge is 2.18. The molecule has 1 aromatic rings. The van der Waals surface area contributed by atoms with Crippen LogP contribution in [0.15, 0.2) is 16.6 Å². The van der Waals surface area contributed by atoms with E-state index in [4.69, 9.17) is 14.6 Å². The molecule has 0 spiro atoms. The van der Waals surface area contributed by atoms with Crippen molar-refractivity contribution < 1.29 is 24.2 Å². The van der Waals surface area contributed by atoms with Gasteiger partial charge in [-0.25, -0.2) is 4.79 Å². The van der Waals surface area contributed by atoms with E-state index in [9.17, 15) is 9.59 Å². The van der Waals surface area contributed by atoms with Crippen LogP contribution in [0.5, 0.6) is 11.5 Å². The molecule has 0 unspecified atom stereocenters. The normalized spacial score (nSPS) is 11.7. The number of rotatable bonds is 5. The summed E-state index contributed by atoms with van der Waals surface area (Å²) < 4.78 is 10.7. The van der Waals surface area contributed by atoms with Crippen molar-refractivity contribution in [1.82, 2.24) is 0 Å². The average Bonchev–Trinajstić information content (AvgIpc) is 2.30. The SMILES string of the molecule is COc1cc(C=O)cc(Br)c1O[C@@H](C)C(=O)O. The topological polar surface area (TPSA) is 72.8 Å². The zero-order valence-electron chi connectivity index (χ0n) is 9.27. The van der Waals surface area contributed by atoms with Crippen LogP contribution in [0.25, 0.3) is 0 Å². The minimum Gasteiger partial charge on any atom is -0.493 e. The second-order valence-electron chi connectivity index (χ2n) is 3.25. The predicted octanol–water partition coefficient (Wildman–Crippen LogP) is 2.12. The fourth-order valence-electron chi connectivity index (χ4n) is 1.15. The second-order valence-corrected chi connectivity index (χ2v) is 4.10. The zero-order chi connectivity index (χ0) is 13.0. The molecule has 1 atom stereocenters. The number of carboxylic acids is 1. The summed E-state index contributed by atoms with van der Waals surface area (Å²) >= 11 is 3.20. The van der Waals surface area contributed by atoms with E-state index < -0.39 is 12.1 Å². The monoisotopic (exact) mass is 302 g/mol. The Morgan fingerprint density at radius 2 is 2.18 bits per heavy atom. The molecular weight excluding hydrogens is 292 g/mol. The van der Waals surface area contributed by atoms with Gasteiger partial charge in [0.1, 0.15) is 6.29 Å². The third-order valence-electron chi connectivity index (χ3n) is 2.03. The van der Waals surface area contributed by atoms with Gasteiger partial charge < -0.3 is 14.6 Å². The van der Waals surface area contributed by atoms with E-state index in [1.54, 1.807) is 0 Å². The lowest BCUT2D eigenvalue weighted by Gasteiger charge is -2.15. The molecule has 0 amide bonds. The highest BCUT2D eigenvalue weighted by molar-refractivity contribution is 9.10. The van der Waals surface area contributed by atoms with Gasteiger partial charge in [-0.2, -0.15) is 0 Å². The van der Waals surface area contributed by atoms with Crippen molar-refractivity contribution in [1.29, 1.82) is 0 Å². The minimum absolute atomic E-state index is 0.257. The lowest BCUT2D eigenvalue weighted by Crippen LogP contribution is -2.23. The highest BCUT2D eigenvalue weighted by Crippen LogP contribution is 2.36. The Kier molecular flexibility index (Phi) is 4.51. The lowest BCUT2D eigenvalue weighted by atomic mass is 10.2. The molecule has 1 N–H and O–H groups in total. The van der Waals surface area contributed by atoms with E-state index in [2.05, 4.69) is 15.9 Å². The first kappa shape index (κ1) is 13.5. The van der Waals surface area contributed by atoms with Crippen LogP contribution >= 0.6 is 15.9 Å². The van der Waals surface area contributed by atoms with Gasteiger partial charge in [-0.3, -0.25) is 4.79 Å². The molecule has 0 saturated heterocycles. The Hall–Kier alpha value is -1.56. The smallest absolute Gasteiger partial charge is 0.344 e. The number of benzene rings is 1. The van der Waals surface area contributed by atoms with Crippen molar-refractivity contribution in [3.8, 4) is 11.5 Å². The molecule has 0 heterocycles. The maximum atomic E-state index is 10.7.